The Morgan fingerprint density at radius 3 is 2.81 bits per heavy atom. The third-order valence-electron chi connectivity index (χ3n) is 3.90. The quantitative estimate of drug-likeness (QED) is 0.515. The number of para-hydroxylation sites is 2. The van der Waals surface area contributed by atoms with Crippen molar-refractivity contribution in [2.24, 2.45) is 0 Å². The molecule has 3 aromatic rings. The molecule has 7 heteroatoms. The topological polar surface area (TPSA) is 81.4 Å². The summed E-state index contributed by atoms with van der Waals surface area (Å²) in [5.41, 5.74) is 2.18. The van der Waals surface area contributed by atoms with Gasteiger partial charge in [0.15, 0.2) is 5.82 Å². The van der Waals surface area contributed by atoms with E-state index in [-0.39, 0.29) is 5.97 Å². The summed E-state index contributed by atoms with van der Waals surface area (Å²) >= 11 is 0. The van der Waals surface area contributed by atoms with Gasteiger partial charge in [-0.15, -0.1) is 10.2 Å². The van der Waals surface area contributed by atoms with Crippen LogP contribution in [0.25, 0.3) is 16.7 Å². The van der Waals surface area contributed by atoms with Gasteiger partial charge in [0.05, 0.1) is 11.0 Å². The van der Waals surface area contributed by atoms with Crippen LogP contribution in [0.1, 0.15) is 46.5 Å². The van der Waals surface area contributed by atoms with Crippen LogP contribution in [0.2, 0.25) is 0 Å². The Balaban J connectivity index is 1.51. The zero-order valence-corrected chi connectivity index (χ0v) is 15.5. The van der Waals surface area contributed by atoms with Gasteiger partial charge in [-0.3, -0.25) is 9.20 Å². The largest absolute Gasteiger partial charge is 0.460 e. The number of carbonyl (C=O) groups is 1. The highest BCUT2D eigenvalue weighted by Crippen LogP contribution is 2.19. The molecule has 1 aromatic carbocycles. The van der Waals surface area contributed by atoms with Crippen LogP contribution in [0.5, 0.6) is 0 Å². The van der Waals surface area contributed by atoms with E-state index >= 15 is 0 Å². The lowest BCUT2D eigenvalue weighted by Crippen LogP contribution is -2.23. The van der Waals surface area contributed by atoms with E-state index in [4.69, 9.17) is 4.74 Å². The summed E-state index contributed by atoms with van der Waals surface area (Å²) < 4.78 is 7.25. The highest BCUT2D eigenvalue weighted by Gasteiger charge is 2.15. The SMILES string of the molecule is CC(C)(C)OC(=O)CCCCCNc1nc2ccccc2n2cnnc12. The van der Waals surface area contributed by atoms with Gasteiger partial charge in [-0.25, -0.2) is 4.98 Å². The highest BCUT2D eigenvalue weighted by atomic mass is 16.6. The molecule has 0 radical (unpaired) electrons. The van der Waals surface area contributed by atoms with Crippen LogP contribution in [-0.2, 0) is 9.53 Å². The summed E-state index contributed by atoms with van der Waals surface area (Å²) in [6, 6.07) is 7.91. The highest BCUT2D eigenvalue weighted by molar-refractivity contribution is 5.82. The number of anilines is 1. The number of fused-ring (bicyclic) bond motifs is 3. The Hall–Kier alpha value is -2.70. The van der Waals surface area contributed by atoms with Crippen LogP contribution in [0.15, 0.2) is 30.6 Å². The minimum absolute atomic E-state index is 0.133. The van der Waals surface area contributed by atoms with Gasteiger partial charge in [-0.1, -0.05) is 18.6 Å². The number of nitrogens with zero attached hydrogens (tertiary/aromatic N) is 4. The van der Waals surface area contributed by atoms with Gasteiger partial charge in [0.2, 0.25) is 5.65 Å². The van der Waals surface area contributed by atoms with E-state index in [1.54, 1.807) is 6.33 Å². The normalized spacial score (nSPS) is 11.8. The van der Waals surface area contributed by atoms with Crippen molar-refractivity contribution in [1.29, 1.82) is 0 Å². The van der Waals surface area contributed by atoms with E-state index in [0.29, 0.717) is 6.42 Å². The van der Waals surface area contributed by atoms with Crippen molar-refractivity contribution < 1.29 is 9.53 Å². The standard InChI is InChI=1S/C19H25N5O2/c1-19(2,3)26-16(25)11-5-4-8-12-20-17-18-23-21-13-24(18)15-10-7-6-9-14(15)22-17/h6-7,9-10,13H,4-5,8,11-12H2,1-3H3,(H,20,22). The Bertz CT molecular complexity index is 898. The molecule has 0 atom stereocenters. The number of hydrogen-bond donors (Lipinski definition) is 1. The van der Waals surface area contributed by atoms with E-state index in [2.05, 4.69) is 20.5 Å². The number of hydrogen-bond acceptors (Lipinski definition) is 6. The molecule has 0 aliphatic rings. The molecule has 0 bridgehead atoms. The number of esters is 1. The van der Waals surface area contributed by atoms with Crippen molar-refractivity contribution >= 4 is 28.5 Å². The summed E-state index contributed by atoms with van der Waals surface area (Å²) in [4.78, 5) is 16.3. The fraction of sp³-hybridized carbons (Fsp3) is 0.474. The average molecular weight is 355 g/mol. The Morgan fingerprint density at radius 1 is 1.19 bits per heavy atom. The van der Waals surface area contributed by atoms with Gasteiger partial charge < -0.3 is 10.1 Å². The van der Waals surface area contributed by atoms with Gasteiger partial charge in [-0.2, -0.15) is 0 Å². The molecule has 0 amide bonds. The molecule has 0 aliphatic heterocycles. The number of ether oxygens (including phenoxy) is 1. The first-order chi connectivity index (χ1) is 12.4. The minimum atomic E-state index is -0.413. The molecule has 0 fully saturated rings. The van der Waals surface area contributed by atoms with Crippen molar-refractivity contribution in [2.45, 2.75) is 52.1 Å². The van der Waals surface area contributed by atoms with Gasteiger partial charge in [-0.05, 0) is 45.7 Å². The second-order valence-electron chi connectivity index (χ2n) is 7.30. The van der Waals surface area contributed by atoms with Gasteiger partial charge in [0.25, 0.3) is 0 Å². The zero-order valence-electron chi connectivity index (χ0n) is 15.5. The first-order valence-electron chi connectivity index (χ1n) is 8.98. The van der Waals surface area contributed by atoms with E-state index in [1.807, 2.05) is 49.4 Å². The van der Waals surface area contributed by atoms with Crippen LogP contribution >= 0.6 is 0 Å². The van der Waals surface area contributed by atoms with Crippen LogP contribution in [-0.4, -0.2) is 37.7 Å². The molecule has 138 valence electrons. The molecule has 1 N–H and O–H groups in total. The molecule has 0 aliphatic carbocycles. The summed E-state index contributed by atoms with van der Waals surface area (Å²) in [6.45, 7) is 6.42. The molecule has 0 unspecified atom stereocenters. The third kappa shape index (κ3) is 4.47. The second kappa shape index (κ2) is 7.68. The first-order valence-corrected chi connectivity index (χ1v) is 8.98. The van der Waals surface area contributed by atoms with Crippen LogP contribution in [0.4, 0.5) is 5.82 Å². The van der Waals surface area contributed by atoms with Crippen molar-refractivity contribution in [3.8, 4) is 0 Å². The number of rotatable bonds is 7. The molecule has 2 heterocycles. The van der Waals surface area contributed by atoms with Crippen LogP contribution in [0.3, 0.4) is 0 Å². The van der Waals surface area contributed by atoms with Crippen molar-refractivity contribution in [1.82, 2.24) is 19.6 Å². The maximum absolute atomic E-state index is 11.7. The predicted octanol–water partition coefficient (Wildman–Crippen LogP) is 3.59. The van der Waals surface area contributed by atoms with Gasteiger partial charge >= 0.3 is 5.97 Å². The molecule has 0 spiro atoms. The first kappa shape index (κ1) is 18.1. The summed E-state index contributed by atoms with van der Waals surface area (Å²) in [7, 11) is 0. The van der Waals surface area contributed by atoms with Crippen LogP contribution in [0, 0.1) is 0 Å². The summed E-state index contributed by atoms with van der Waals surface area (Å²) in [6.07, 6.45) is 4.87. The van der Waals surface area contributed by atoms with Crippen LogP contribution < -0.4 is 5.32 Å². The average Bonchev–Trinajstić information content (AvgIpc) is 3.06. The molecule has 0 saturated carbocycles. The van der Waals surface area contributed by atoms with Gasteiger partial charge in [0.1, 0.15) is 11.9 Å². The maximum Gasteiger partial charge on any atom is 0.306 e. The van der Waals surface area contributed by atoms with E-state index in [1.165, 1.54) is 0 Å². The van der Waals surface area contributed by atoms with Gasteiger partial charge in [0, 0.05) is 13.0 Å². The molecule has 0 saturated heterocycles. The smallest absolute Gasteiger partial charge is 0.306 e. The molecule has 7 nitrogen and oxygen atoms in total. The number of nitrogens with one attached hydrogen (secondary N) is 1. The fourth-order valence-corrected chi connectivity index (χ4v) is 2.79. The molecular formula is C19H25N5O2. The lowest BCUT2D eigenvalue weighted by molar-refractivity contribution is -0.154. The Labute approximate surface area is 152 Å². The molecular weight excluding hydrogens is 330 g/mol. The van der Waals surface area contributed by atoms with Crippen molar-refractivity contribution in [2.75, 3.05) is 11.9 Å². The lowest BCUT2D eigenvalue weighted by atomic mass is 10.1. The van der Waals surface area contributed by atoms with Crippen molar-refractivity contribution in [3.63, 3.8) is 0 Å². The molecule has 2 aromatic heterocycles. The van der Waals surface area contributed by atoms with Crippen molar-refractivity contribution in [3.05, 3.63) is 30.6 Å². The van der Waals surface area contributed by atoms with E-state index in [0.717, 1.165) is 48.3 Å². The number of aromatic nitrogens is 4. The minimum Gasteiger partial charge on any atom is -0.460 e. The maximum atomic E-state index is 11.7. The third-order valence-corrected chi connectivity index (χ3v) is 3.90. The lowest BCUT2D eigenvalue weighted by Gasteiger charge is -2.19. The van der Waals surface area contributed by atoms with E-state index in [9.17, 15) is 4.79 Å². The predicted molar refractivity (Wildman–Crippen MR) is 101 cm³/mol. The molecule has 26 heavy (non-hydrogen) atoms. The molecule has 3 rings (SSSR count). The summed E-state index contributed by atoms with van der Waals surface area (Å²) in [5, 5.41) is 11.5. The zero-order chi connectivity index (χ0) is 18.6. The number of benzene rings is 1. The number of carbonyl (C=O) groups excluding carboxylic acids is 1. The Morgan fingerprint density at radius 2 is 2.00 bits per heavy atom. The Kier molecular flexibility index (Phi) is 5.35. The van der Waals surface area contributed by atoms with E-state index < -0.39 is 5.60 Å². The monoisotopic (exact) mass is 355 g/mol. The second-order valence-corrected chi connectivity index (χ2v) is 7.30. The summed E-state index contributed by atoms with van der Waals surface area (Å²) in [5.74, 6) is 0.597. The number of unbranched alkanes of at least 4 members (excludes halogenated alkanes) is 2. The fourth-order valence-electron chi connectivity index (χ4n) is 2.79.